The van der Waals surface area contributed by atoms with Gasteiger partial charge in [0.25, 0.3) is 0 Å². The quantitative estimate of drug-likeness (QED) is 0.494. The highest BCUT2D eigenvalue weighted by molar-refractivity contribution is 6.01. The minimum atomic E-state index is -0.714. The van der Waals surface area contributed by atoms with Gasteiger partial charge in [0, 0.05) is 26.1 Å². The highest BCUT2D eigenvalue weighted by Crippen LogP contribution is 2.20. The maximum absolute atomic E-state index is 13.7. The van der Waals surface area contributed by atoms with E-state index in [-0.39, 0.29) is 18.5 Å². The smallest absolute Gasteiger partial charge is 0.145 e. The highest BCUT2D eigenvalue weighted by Gasteiger charge is 2.26. The number of nitrogens with zero attached hydrogens (tertiary/aromatic N) is 2. The van der Waals surface area contributed by atoms with Crippen LogP contribution in [0.5, 0.6) is 5.75 Å². The summed E-state index contributed by atoms with van der Waals surface area (Å²) >= 11 is 0. The van der Waals surface area contributed by atoms with Crippen LogP contribution < -0.4 is 4.74 Å². The first-order chi connectivity index (χ1) is 16.1. The molecule has 3 aromatic carbocycles. The molecule has 6 heteroatoms. The van der Waals surface area contributed by atoms with Gasteiger partial charge in [-0.3, -0.25) is 4.90 Å². The number of rotatable bonds is 10. The Hall–Kier alpha value is -3.22. The summed E-state index contributed by atoms with van der Waals surface area (Å²) in [7, 11) is 0. The molecule has 1 N–H and O–H groups in total. The SMILES string of the molecule is Cc1ccccc1OC[C@@H](O)CN(Cc1cccc(F)c1)C[C@@H]1CC(c2ccccc2)=NO1. The maximum atomic E-state index is 13.7. The third-order valence-electron chi connectivity index (χ3n) is 5.59. The third kappa shape index (κ3) is 6.63. The summed E-state index contributed by atoms with van der Waals surface area (Å²) in [5.74, 6) is 0.482. The molecule has 0 aliphatic carbocycles. The van der Waals surface area contributed by atoms with E-state index in [4.69, 9.17) is 9.57 Å². The Bertz CT molecular complexity index is 1070. The number of ether oxygens (including phenoxy) is 1. The Morgan fingerprint density at radius 1 is 1.09 bits per heavy atom. The standard InChI is InChI=1S/C27H29FN2O3/c1-20-8-5-6-13-27(20)32-19-24(31)17-30(16-21-9-7-12-23(28)14-21)18-25-15-26(29-33-25)22-10-3-2-4-11-22/h2-14,24-25,31H,15-19H2,1H3/t24-,25-/m0/s1. The van der Waals surface area contributed by atoms with E-state index in [1.54, 1.807) is 6.07 Å². The molecule has 4 rings (SSSR count). The number of halogens is 1. The molecule has 33 heavy (non-hydrogen) atoms. The van der Waals surface area contributed by atoms with Gasteiger partial charge in [-0.05, 0) is 41.8 Å². The number of aryl methyl sites for hydroxylation is 1. The number of aliphatic hydroxyl groups is 1. The van der Waals surface area contributed by atoms with E-state index in [1.165, 1.54) is 12.1 Å². The zero-order chi connectivity index (χ0) is 23.0. The first-order valence-corrected chi connectivity index (χ1v) is 11.2. The van der Waals surface area contributed by atoms with Gasteiger partial charge in [-0.1, -0.05) is 65.8 Å². The second-order valence-corrected chi connectivity index (χ2v) is 8.39. The zero-order valence-corrected chi connectivity index (χ0v) is 18.7. The fraction of sp³-hybridized carbons (Fsp3) is 0.296. The lowest BCUT2D eigenvalue weighted by Gasteiger charge is -2.27. The summed E-state index contributed by atoms with van der Waals surface area (Å²) in [6.45, 7) is 3.54. The largest absolute Gasteiger partial charge is 0.491 e. The van der Waals surface area contributed by atoms with Gasteiger partial charge in [-0.2, -0.15) is 0 Å². The van der Waals surface area contributed by atoms with Gasteiger partial charge in [0.15, 0.2) is 0 Å². The number of aliphatic hydroxyl groups excluding tert-OH is 1. The molecule has 0 fully saturated rings. The molecule has 0 bridgehead atoms. The fourth-order valence-corrected chi connectivity index (χ4v) is 3.97. The van der Waals surface area contributed by atoms with Crippen LogP contribution in [0.15, 0.2) is 84.0 Å². The van der Waals surface area contributed by atoms with E-state index in [0.717, 1.165) is 28.2 Å². The van der Waals surface area contributed by atoms with E-state index in [9.17, 15) is 9.50 Å². The van der Waals surface area contributed by atoms with Crippen molar-refractivity contribution in [1.82, 2.24) is 4.90 Å². The molecule has 172 valence electrons. The van der Waals surface area contributed by atoms with Crippen molar-refractivity contribution in [1.29, 1.82) is 0 Å². The van der Waals surface area contributed by atoms with Crippen LogP contribution in [0.2, 0.25) is 0 Å². The number of hydrogen-bond acceptors (Lipinski definition) is 5. The molecular formula is C27H29FN2O3. The number of oxime groups is 1. The van der Waals surface area contributed by atoms with Gasteiger partial charge in [0.05, 0.1) is 5.71 Å². The van der Waals surface area contributed by atoms with Gasteiger partial charge < -0.3 is 14.7 Å². The number of benzene rings is 3. The van der Waals surface area contributed by atoms with E-state index >= 15 is 0 Å². The monoisotopic (exact) mass is 448 g/mol. The summed E-state index contributed by atoms with van der Waals surface area (Å²) in [4.78, 5) is 7.76. The zero-order valence-electron chi connectivity index (χ0n) is 18.7. The summed E-state index contributed by atoms with van der Waals surface area (Å²) in [5, 5.41) is 15.0. The summed E-state index contributed by atoms with van der Waals surface area (Å²) in [6.07, 6.45) is -0.174. The fourth-order valence-electron chi connectivity index (χ4n) is 3.97. The van der Waals surface area contributed by atoms with Crippen molar-refractivity contribution in [3.05, 3.63) is 101 Å². The molecule has 0 saturated heterocycles. The Morgan fingerprint density at radius 3 is 2.67 bits per heavy atom. The Balaban J connectivity index is 1.38. The normalized spacial score (nSPS) is 16.4. The van der Waals surface area contributed by atoms with Crippen molar-refractivity contribution in [3.8, 4) is 5.75 Å². The molecule has 5 nitrogen and oxygen atoms in total. The molecule has 0 unspecified atom stereocenters. The van der Waals surface area contributed by atoms with Crippen molar-refractivity contribution < 1.29 is 19.1 Å². The molecule has 1 aliphatic heterocycles. The highest BCUT2D eigenvalue weighted by atomic mass is 19.1. The van der Waals surface area contributed by atoms with Crippen LogP contribution in [-0.2, 0) is 11.4 Å². The van der Waals surface area contributed by atoms with E-state index in [1.807, 2.05) is 67.6 Å². The average Bonchev–Trinajstić information content (AvgIpc) is 3.27. The van der Waals surface area contributed by atoms with Crippen molar-refractivity contribution in [2.75, 3.05) is 19.7 Å². The second kappa shape index (κ2) is 11.1. The molecule has 0 amide bonds. The van der Waals surface area contributed by atoms with E-state index < -0.39 is 6.10 Å². The third-order valence-corrected chi connectivity index (χ3v) is 5.59. The first-order valence-electron chi connectivity index (χ1n) is 11.2. The number of hydrogen-bond donors (Lipinski definition) is 1. The van der Waals surface area contributed by atoms with Gasteiger partial charge >= 0.3 is 0 Å². The molecule has 3 aromatic rings. The predicted molar refractivity (Wildman–Crippen MR) is 127 cm³/mol. The van der Waals surface area contributed by atoms with Crippen LogP contribution in [0.4, 0.5) is 4.39 Å². The minimum Gasteiger partial charge on any atom is -0.491 e. The lowest BCUT2D eigenvalue weighted by atomic mass is 10.0. The van der Waals surface area contributed by atoms with E-state index in [2.05, 4.69) is 10.1 Å². The van der Waals surface area contributed by atoms with Crippen molar-refractivity contribution in [2.45, 2.75) is 32.1 Å². The Morgan fingerprint density at radius 2 is 1.88 bits per heavy atom. The summed E-state index contributed by atoms with van der Waals surface area (Å²) < 4.78 is 19.6. The molecule has 1 heterocycles. The molecule has 0 radical (unpaired) electrons. The van der Waals surface area contributed by atoms with Gasteiger partial charge in [0.1, 0.15) is 30.4 Å². The van der Waals surface area contributed by atoms with Crippen molar-refractivity contribution >= 4 is 5.71 Å². The average molecular weight is 449 g/mol. The van der Waals surface area contributed by atoms with Crippen LogP contribution in [0.3, 0.4) is 0 Å². The van der Waals surface area contributed by atoms with Crippen LogP contribution in [0.25, 0.3) is 0 Å². The number of para-hydroxylation sites is 1. The Kier molecular flexibility index (Phi) is 7.70. The van der Waals surface area contributed by atoms with Crippen LogP contribution >= 0.6 is 0 Å². The van der Waals surface area contributed by atoms with Gasteiger partial charge in [-0.15, -0.1) is 0 Å². The molecular weight excluding hydrogens is 419 g/mol. The lowest BCUT2D eigenvalue weighted by molar-refractivity contribution is 0.0212. The second-order valence-electron chi connectivity index (χ2n) is 8.39. The predicted octanol–water partition coefficient (Wildman–Crippen LogP) is 4.57. The van der Waals surface area contributed by atoms with Crippen molar-refractivity contribution in [2.24, 2.45) is 5.16 Å². The van der Waals surface area contributed by atoms with Gasteiger partial charge in [-0.25, -0.2) is 4.39 Å². The molecule has 0 spiro atoms. The summed E-state index contributed by atoms with van der Waals surface area (Å²) in [5.41, 5.74) is 3.81. The Labute approximate surface area is 194 Å². The molecule has 1 aliphatic rings. The molecule has 0 saturated carbocycles. The van der Waals surface area contributed by atoms with Crippen molar-refractivity contribution in [3.63, 3.8) is 0 Å². The van der Waals surface area contributed by atoms with Crippen LogP contribution in [-0.4, -0.2) is 47.6 Å². The van der Waals surface area contributed by atoms with E-state index in [0.29, 0.717) is 26.1 Å². The van der Waals surface area contributed by atoms with Gasteiger partial charge in [0.2, 0.25) is 0 Å². The summed E-state index contributed by atoms with van der Waals surface area (Å²) in [6, 6.07) is 24.2. The first kappa shape index (κ1) is 23.0. The minimum absolute atomic E-state index is 0.141. The van der Waals surface area contributed by atoms with Crippen LogP contribution in [0, 0.1) is 12.7 Å². The molecule has 0 aromatic heterocycles. The maximum Gasteiger partial charge on any atom is 0.145 e. The topological polar surface area (TPSA) is 54.3 Å². The molecule has 2 atom stereocenters. The lowest BCUT2D eigenvalue weighted by Crippen LogP contribution is -2.39. The van der Waals surface area contributed by atoms with Crippen LogP contribution in [0.1, 0.15) is 23.1 Å².